The quantitative estimate of drug-likeness (QED) is 0.199. The van der Waals surface area contributed by atoms with Crippen LogP contribution in [0.25, 0.3) is 28.0 Å². The monoisotopic (exact) mass is 609 g/mol. The molecule has 8 rings (SSSR count). The Kier molecular flexibility index (Phi) is 6.66. The van der Waals surface area contributed by atoms with Crippen molar-refractivity contribution in [2.45, 2.75) is 31.8 Å². The van der Waals surface area contributed by atoms with Crippen molar-refractivity contribution in [3.05, 3.63) is 124 Å². The molecule has 2 aliphatic heterocycles. The maximum atomic E-state index is 7.49. The summed E-state index contributed by atoms with van der Waals surface area (Å²) in [6.07, 6.45) is 4.54. The van der Waals surface area contributed by atoms with E-state index in [9.17, 15) is 0 Å². The van der Waals surface area contributed by atoms with Crippen molar-refractivity contribution in [1.29, 1.82) is 0 Å². The zero-order valence-corrected chi connectivity index (χ0v) is 27.1. The van der Waals surface area contributed by atoms with Gasteiger partial charge in [0.1, 0.15) is 17.2 Å². The fourth-order valence-corrected chi connectivity index (χ4v) is 7.83. The van der Waals surface area contributed by atoms with Crippen molar-refractivity contribution in [2.75, 3.05) is 45.4 Å². The van der Waals surface area contributed by atoms with E-state index in [2.05, 4.69) is 105 Å². The van der Waals surface area contributed by atoms with E-state index in [0.717, 1.165) is 58.1 Å². The van der Waals surface area contributed by atoms with Gasteiger partial charge in [-0.3, -0.25) is 0 Å². The summed E-state index contributed by atoms with van der Waals surface area (Å²) in [7, 11) is 3.46. The van der Waals surface area contributed by atoms with E-state index in [-0.39, 0.29) is 5.41 Å². The highest BCUT2D eigenvalue weighted by Crippen LogP contribution is 2.59. The number of ether oxygens (including phenoxy) is 4. The number of methoxy groups -OCH3 is 2. The predicted molar refractivity (Wildman–Crippen MR) is 186 cm³/mol. The molecular weight excluding hydrogens is 570 g/mol. The van der Waals surface area contributed by atoms with Crippen molar-refractivity contribution in [3.63, 3.8) is 0 Å². The van der Waals surface area contributed by atoms with Crippen LogP contribution in [0.2, 0.25) is 0 Å². The Balaban J connectivity index is 1.45. The molecule has 0 N–H and O–H groups in total. The Morgan fingerprint density at radius 1 is 0.783 bits per heavy atom. The van der Waals surface area contributed by atoms with Crippen molar-refractivity contribution < 1.29 is 18.9 Å². The van der Waals surface area contributed by atoms with Crippen LogP contribution in [0.5, 0.6) is 17.2 Å². The predicted octanol–water partition coefficient (Wildman–Crippen LogP) is 8.66. The molecule has 0 radical (unpaired) electrons. The summed E-state index contributed by atoms with van der Waals surface area (Å²) in [6, 6.07) is 30.2. The summed E-state index contributed by atoms with van der Waals surface area (Å²) in [5, 5.41) is 2.23. The zero-order valence-electron chi connectivity index (χ0n) is 27.1. The van der Waals surface area contributed by atoms with E-state index in [1.54, 1.807) is 14.2 Å². The van der Waals surface area contributed by atoms with E-state index < -0.39 is 5.60 Å². The maximum absolute atomic E-state index is 7.49. The molecule has 1 atom stereocenters. The molecule has 2 heterocycles. The molecule has 5 nitrogen and oxygen atoms in total. The largest absolute Gasteiger partial charge is 0.497 e. The van der Waals surface area contributed by atoms with E-state index >= 15 is 0 Å². The molecule has 1 aliphatic carbocycles. The Morgan fingerprint density at radius 3 is 2.24 bits per heavy atom. The van der Waals surface area contributed by atoms with Gasteiger partial charge in [-0.15, -0.1) is 0 Å². The van der Waals surface area contributed by atoms with Crippen LogP contribution >= 0.6 is 0 Å². The molecule has 46 heavy (non-hydrogen) atoms. The van der Waals surface area contributed by atoms with Gasteiger partial charge in [0.15, 0.2) is 5.60 Å². The average Bonchev–Trinajstić information content (AvgIpc) is 3.34. The van der Waals surface area contributed by atoms with Gasteiger partial charge in [-0.1, -0.05) is 86.2 Å². The van der Waals surface area contributed by atoms with Crippen molar-refractivity contribution >= 4 is 22.5 Å². The minimum absolute atomic E-state index is 0.228. The maximum Gasteiger partial charge on any atom is 0.178 e. The second-order valence-corrected chi connectivity index (χ2v) is 13.1. The van der Waals surface area contributed by atoms with Gasteiger partial charge in [0, 0.05) is 40.6 Å². The summed E-state index contributed by atoms with van der Waals surface area (Å²) >= 11 is 0. The van der Waals surface area contributed by atoms with Gasteiger partial charge in [-0.25, -0.2) is 0 Å². The van der Waals surface area contributed by atoms with Crippen LogP contribution in [0.15, 0.2) is 91.0 Å². The van der Waals surface area contributed by atoms with Gasteiger partial charge in [0.05, 0.1) is 33.1 Å². The SMILES string of the molecule is COc1ccc(C2(c3ccccc3)C=Cc3c4c(c5cc(N6CCOCC6)c(OC)cc5c3O2)-c2ccc(C)cc2C4(C)C)cc1. The first-order chi connectivity index (χ1) is 22.4. The van der Waals surface area contributed by atoms with Crippen LogP contribution in [0.1, 0.15) is 47.2 Å². The van der Waals surface area contributed by atoms with Crippen molar-refractivity contribution in [2.24, 2.45) is 0 Å². The number of anilines is 1. The fraction of sp³-hybridized carbons (Fsp3) is 0.268. The van der Waals surface area contributed by atoms with Crippen LogP contribution in [0.3, 0.4) is 0 Å². The van der Waals surface area contributed by atoms with Gasteiger partial charge in [-0.05, 0) is 64.9 Å². The smallest absolute Gasteiger partial charge is 0.178 e. The molecule has 0 saturated carbocycles. The van der Waals surface area contributed by atoms with Gasteiger partial charge in [-0.2, -0.15) is 0 Å². The number of nitrogens with zero attached hydrogens (tertiary/aromatic N) is 1. The van der Waals surface area contributed by atoms with Crippen LogP contribution in [-0.4, -0.2) is 40.5 Å². The van der Waals surface area contributed by atoms with E-state index in [1.807, 2.05) is 18.2 Å². The number of hydrogen-bond donors (Lipinski definition) is 0. The van der Waals surface area contributed by atoms with Gasteiger partial charge < -0.3 is 23.8 Å². The molecule has 3 aliphatic rings. The molecule has 232 valence electrons. The number of benzene rings is 5. The summed E-state index contributed by atoms with van der Waals surface area (Å²) in [5.74, 6) is 2.52. The second-order valence-electron chi connectivity index (χ2n) is 13.1. The third-order valence-electron chi connectivity index (χ3n) is 10.2. The molecule has 5 aromatic carbocycles. The Morgan fingerprint density at radius 2 is 1.52 bits per heavy atom. The second kappa shape index (κ2) is 10.7. The fourth-order valence-electron chi connectivity index (χ4n) is 7.83. The molecule has 5 aromatic rings. The highest BCUT2D eigenvalue weighted by Gasteiger charge is 2.44. The Hall–Kier alpha value is -4.74. The van der Waals surface area contributed by atoms with Crippen LogP contribution in [0, 0.1) is 6.92 Å². The normalized spacial score (nSPS) is 19.3. The third-order valence-corrected chi connectivity index (χ3v) is 10.2. The molecule has 0 spiro atoms. The lowest BCUT2D eigenvalue weighted by Gasteiger charge is -2.38. The number of rotatable bonds is 5. The van der Waals surface area contributed by atoms with Crippen molar-refractivity contribution in [3.8, 4) is 28.4 Å². The number of morpholine rings is 1. The topological polar surface area (TPSA) is 40.2 Å². The average molecular weight is 610 g/mol. The minimum Gasteiger partial charge on any atom is -0.497 e. The highest BCUT2D eigenvalue weighted by molar-refractivity contribution is 6.10. The standard InChI is InChI=1S/C41H39NO4/c1-26-11-16-30-34(23-26)40(2,3)38-31-17-18-41(27-9-7-6-8-10-27,28-12-14-29(43-4)15-13-28)46-39(31)33-25-36(44-5)35(24-32(33)37(30)38)42-19-21-45-22-20-42/h6-18,23-25H,19-22H2,1-5H3. The van der Waals surface area contributed by atoms with Crippen LogP contribution in [0.4, 0.5) is 5.69 Å². The lowest BCUT2D eigenvalue weighted by atomic mass is 9.76. The number of hydrogen-bond acceptors (Lipinski definition) is 5. The Bertz CT molecular complexity index is 2010. The van der Waals surface area contributed by atoms with Crippen molar-refractivity contribution in [1.82, 2.24) is 0 Å². The molecule has 0 aromatic heterocycles. The molecule has 1 fully saturated rings. The molecule has 1 saturated heterocycles. The minimum atomic E-state index is -0.843. The number of aryl methyl sites for hydroxylation is 1. The number of fused-ring (bicyclic) bond motifs is 8. The first kappa shape index (κ1) is 28.7. The highest BCUT2D eigenvalue weighted by atomic mass is 16.5. The summed E-state index contributed by atoms with van der Waals surface area (Å²) in [4.78, 5) is 2.39. The zero-order chi connectivity index (χ0) is 31.6. The first-order valence-electron chi connectivity index (χ1n) is 16.1. The summed E-state index contributed by atoms with van der Waals surface area (Å²) in [6.45, 7) is 9.94. The summed E-state index contributed by atoms with van der Waals surface area (Å²) in [5.41, 5.74) is 9.75. The third kappa shape index (κ3) is 4.18. The molecule has 0 amide bonds. The lowest BCUT2D eigenvalue weighted by Crippen LogP contribution is -2.36. The molecule has 0 bridgehead atoms. The van der Waals surface area contributed by atoms with Crippen LogP contribution < -0.4 is 19.1 Å². The Labute approximate surface area is 271 Å². The van der Waals surface area contributed by atoms with E-state index in [4.69, 9.17) is 18.9 Å². The first-order valence-corrected chi connectivity index (χ1v) is 16.1. The van der Waals surface area contributed by atoms with Gasteiger partial charge >= 0.3 is 0 Å². The van der Waals surface area contributed by atoms with Gasteiger partial charge in [0.2, 0.25) is 0 Å². The molecule has 1 unspecified atom stereocenters. The summed E-state index contributed by atoms with van der Waals surface area (Å²) < 4.78 is 24.9. The van der Waals surface area contributed by atoms with E-state index in [1.165, 1.54) is 33.2 Å². The van der Waals surface area contributed by atoms with Crippen LogP contribution in [-0.2, 0) is 15.8 Å². The lowest BCUT2D eigenvalue weighted by molar-refractivity contribution is 0.122. The van der Waals surface area contributed by atoms with Gasteiger partial charge in [0.25, 0.3) is 0 Å². The molecule has 5 heteroatoms. The molecular formula is C41H39NO4. The van der Waals surface area contributed by atoms with E-state index in [0.29, 0.717) is 13.2 Å².